The molecule has 14 nitrogen and oxygen atoms in total. The van der Waals surface area contributed by atoms with Gasteiger partial charge >= 0.3 is 0 Å². The molecular weight excluding hydrogens is 871 g/mol. The summed E-state index contributed by atoms with van der Waals surface area (Å²) in [6.45, 7) is 2.71. The first kappa shape index (κ1) is 61.8. The number of carbonyl (C=O) groups excluding carboxylic acids is 1. The third-order valence-corrected chi connectivity index (χ3v) is 12.7. The monoisotopic (exact) mass is 966 g/mol. The Morgan fingerprint density at radius 2 is 0.985 bits per heavy atom. The van der Waals surface area contributed by atoms with Gasteiger partial charge in [-0.25, -0.2) is 0 Å². The highest BCUT2D eigenvalue weighted by Gasteiger charge is 2.51. The van der Waals surface area contributed by atoms with Gasteiger partial charge in [0.2, 0.25) is 5.91 Å². The molecule has 0 spiro atoms. The van der Waals surface area contributed by atoms with Crippen LogP contribution in [-0.2, 0) is 23.7 Å². The lowest BCUT2D eigenvalue weighted by Gasteiger charge is -2.46. The van der Waals surface area contributed by atoms with E-state index in [2.05, 4.69) is 67.8 Å². The fourth-order valence-corrected chi connectivity index (χ4v) is 8.29. The van der Waals surface area contributed by atoms with Gasteiger partial charge in [-0.2, -0.15) is 0 Å². The van der Waals surface area contributed by atoms with Gasteiger partial charge in [0.1, 0.15) is 48.8 Å². The van der Waals surface area contributed by atoms with Gasteiger partial charge in [-0.3, -0.25) is 4.79 Å². The Bertz CT molecular complexity index is 1370. The van der Waals surface area contributed by atoms with Crippen LogP contribution in [0.1, 0.15) is 181 Å². The zero-order valence-electron chi connectivity index (χ0n) is 41.8. The summed E-state index contributed by atoms with van der Waals surface area (Å²) in [6.07, 6.45) is 32.5. The molecule has 12 unspecified atom stereocenters. The predicted molar refractivity (Wildman–Crippen MR) is 267 cm³/mol. The number of nitrogens with one attached hydrogen (secondary N) is 1. The van der Waals surface area contributed by atoms with E-state index < -0.39 is 86.8 Å². The van der Waals surface area contributed by atoms with Crippen LogP contribution in [0.25, 0.3) is 0 Å². The van der Waals surface area contributed by atoms with E-state index in [1.165, 1.54) is 89.9 Å². The summed E-state index contributed by atoms with van der Waals surface area (Å²) in [5.41, 5.74) is 0. The Labute approximate surface area is 409 Å². The van der Waals surface area contributed by atoms with Crippen LogP contribution in [0.2, 0.25) is 0 Å². The van der Waals surface area contributed by atoms with Gasteiger partial charge in [0.05, 0.1) is 32.0 Å². The van der Waals surface area contributed by atoms with E-state index in [1.54, 1.807) is 6.08 Å². The first-order valence-corrected chi connectivity index (χ1v) is 26.5. The largest absolute Gasteiger partial charge is 0.394 e. The van der Waals surface area contributed by atoms with Crippen molar-refractivity contribution in [1.29, 1.82) is 0 Å². The summed E-state index contributed by atoms with van der Waals surface area (Å²) in [4.78, 5) is 13.2. The molecule has 2 rings (SSSR count). The van der Waals surface area contributed by atoms with Crippen molar-refractivity contribution in [2.24, 2.45) is 0 Å². The molecule has 14 heteroatoms. The van der Waals surface area contributed by atoms with Gasteiger partial charge in [-0.15, -0.1) is 0 Å². The molecule has 0 aromatic heterocycles. The summed E-state index contributed by atoms with van der Waals surface area (Å²) < 4.78 is 22.7. The first-order chi connectivity index (χ1) is 33.1. The fourth-order valence-electron chi connectivity index (χ4n) is 8.29. The Morgan fingerprint density at radius 1 is 0.529 bits per heavy atom. The van der Waals surface area contributed by atoms with E-state index in [0.29, 0.717) is 12.8 Å². The van der Waals surface area contributed by atoms with E-state index in [4.69, 9.17) is 18.9 Å². The predicted octanol–water partition coefficient (Wildman–Crippen LogP) is 7.44. The topological polar surface area (TPSA) is 228 Å². The van der Waals surface area contributed by atoms with Crippen molar-refractivity contribution >= 4 is 5.91 Å². The van der Waals surface area contributed by atoms with Crippen molar-refractivity contribution in [1.82, 2.24) is 5.32 Å². The average Bonchev–Trinajstić information content (AvgIpc) is 3.34. The smallest absolute Gasteiger partial charge is 0.220 e. The molecule has 2 saturated heterocycles. The molecule has 2 heterocycles. The Balaban J connectivity index is 1.85. The third-order valence-electron chi connectivity index (χ3n) is 12.7. The zero-order valence-corrected chi connectivity index (χ0v) is 41.8. The fraction of sp³-hybridized carbons (Fsp3) is 0.796. The SMILES string of the molecule is CCCCC/C=C\C/C=C\CCCCCCCCCCCC(=O)NC(COC1OC(CO)C(OC2OC(CO)C(O)C(O)C2O)C(O)C1O)C(O)/C=C/CC/C=C/CC/C=C/CCCCCCC. The standard InChI is InChI=1S/C54H95NO13/c1-3-5-7-9-11-13-15-17-19-20-21-22-24-26-28-30-32-34-36-38-46(59)55-42(43(58)37-35-33-31-29-27-25-23-18-16-14-12-10-8-6-4-2)41-65-53-51(64)49(62)52(45(40-57)67-53)68-54-50(63)48(61)47(60)44(39-56)66-54/h11,13,16-19,27,29,35,37,42-45,47-54,56-58,60-64H,3-10,12,14-15,20-26,28,30-34,36,38-41H2,1-2H3,(H,55,59)/b13-11-,18-16+,19-17-,29-27+,37-35+. The summed E-state index contributed by atoms with van der Waals surface area (Å²) >= 11 is 0. The molecule has 1 amide bonds. The van der Waals surface area contributed by atoms with Crippen LogP contribution in [0, 0.1) is 0 Å². The van der Waals surface area contributed by atoms with Crippen LogP contribution in [0.4, 0.5) is 0 Å². The molecule has 9 N–H and O–H groups in total. The van der Waals surface area contributed by atoms with Gasteiger partial charge in [-0.05, 0) is 77.0 Å². The Hall–Kier alpha value is -2.31. The second-order valence-electron chi connectivity index (χ2n) is 18.6. The van der Waals surface area contributed by atoms with E-state index in [-0.39, 0.29) is 18.9 Å². The number of hydrogen-bond donors (Lipinski definition) is 9. The number of hydrogen-bond acceptors (Lipinski definition) is 13. The molecule has 0 aromatic carbocycles. The first-order valence-electron chi connectivity index (χ1n) is 26.5. The van der Waals surface area contributed by atoms with Crippen LogP contribution < -0.4 is 5.32 Å². The van der Waals surface area contributed by atoms with Crippen molar-refractivity contribution in [3.8, 4) is 0 Å². The molecule has 2 aliphatic rings. The molecule has 0 radical (unpaired) electrons. The second kappa shape index (κ2) is 40.3. The lowest BCUT2D eigenvalue weighted by Crippen LogP contribution is -2.65. The van der Waals surface area contributed by atoms with E-state index in [9.17, 15) is 45.6 Å². The van der Waals surface area contributed by atoms with Crippen LogP contribution in [0.5, 0.6) is 0 Å². The van der Waals surface area contributed by atoms with Crippen LogP contribution in [-0.4, -0.2) is 140 Å². The molecule has 394 valence electrons. The number of carbonyl (C=O) groups is 1. The van der Waals surface area contributed by atoms with Gasteiger partial charge in [0.15, 0.2) is 12.6 Å². The van der Waals surface area contributed by atoms with E-state index in [0.717, 1.165) is 57.8 Å². The van der Waals surface area contributed by atoms with Crippen molar-refractivity contribution < 1.29 is 64.6 Å². The quantitative estimate of drug-likeness (QED) is 0.0215. The van der Waals surface area contributed by atoms with Crippen LogP contribution in [0.15, 0.2) is 60.8 Å². The Morgan fingerprint density at radius 3 is 1.56 bits per heavy atom. The maximum absolute atomic E-state index is 13.2. The number of aliphatic hydroxyl groups excluding tert-OH is 8. The maximum Gasteiger partial charge on any atom is 0.220 e. The van der Waals surface area contributed by atoms with Crippen molar-refractivity contribution in [3.05, 3.63) is 60.8 Å². The average molecular weight is 966 g/mol. The summed E-state index contributed by atoms with van der Waals surface area (Å²) in [7, 11) is 0. The van der Waals surface area contributed by atoms with Gasteiger partial charge in [0, 0.05) is 6.42 Å². The van der Waals surface area contributed by atoms with Crippen molar-refractivity contribution in [2.45, 2.75) is 254 Å². The maximum atomic E-state index is 13.2. The minimum Gasteiger partial charge on any atom is -0.394 e. The van der Waals surface area contributed by atoms with Crippen LogP contribution >= 0.6 is 0 Å². The normalized spacial score (nSPS) is 26.9. The van der Waals surface area contributed by atoms with Gasteiger partial charge in [0.25, 0.3) is 0 Å². The number of unbranched alkanes of at least 4 members (excludes halogenated alkanes) is 19. The number of rotatable bonds is 40. The summed E-state index contributed by atoms with van der Waals surface area (Å²) in [6, 6.07) is -0.941. The highest BCUT2D eigenvalue weighted by atomic mass is 16.7. The summed E-state index contributed by atoms with van der Waals surface area (Å²) in [5.74, 6) is -0.261. The molecule has 68 heavy (non-hydrogen) atoms. The van der Waals surface area contributed by atoms with Gasteiger partial charge < -0.3 is 65.1 Å². The molecule has 0 bridgehead atoms. The van der Waals surface area contributed by atoms with Gasteiger partial charge in [-0.1, -0.05) is 158 Å². The lowest BCUT2D eigenvalue weighted by molar-refractivity contribution is -0.359. The number of amides is 1. The van der Waals surface area contributed by atoms with Crippen molar-refractivity contribution in [2.75, 3.05) is 19.8 Å². The molecule has 0 aliphatic carbocycles. The minimum atomic E-state index is -1.79. The second-order valence-corrected chi connectivity index (χ2v) is 18.6. The number of ether oxygens (including phenoxy) is 4. The van der Waals surface area contributed by atoms with Crippen molar-refractivity contribution in [3.63, 3.8) is 0 Å². The highest BCUT2D eigenvalue weighted by molar-refractivity contribution is 5.76. The number of allylic oxidation sites excluding steroid dienone is 9. The molecule has 2 fully saturated rings. The molecule has 0 saturated carbocycles. The molecule has 0 aromatic rings. The lowest BCUT2D eigenvalue weighted by atomic mass is 9.97. The summed E-state index contributed by atoms with van der Waals surface area (Å²) in [5, 5.41) is 86.8. The highest BCUT2D eigenvalue weighted by Crippen LogP contribution is 2.30. The molecular formula is C54H95NO13. The zero-order chi connectivity index (χ0) is 49.6. The minimum absolute atomic E-state index is 0.261. The number of aliphatic hydroxyl groups is 8. The molecule has 2 aliphatic heterocycles. The van der Waals surface area contributed by atoms with E-state index in [1.807, 2.05) is 6.08 Å². The third kappa shape index (κ3) is 26.8. The Kier molecular flexibility index (Phi) is 36.6. The van der Waals surface area contributed by atoms with E-state index >= 15 is 0 Å². The van der Waals surface area contributed by atoms with Crippen LogP contribution in [0.3, 0.4) is 0 Å². The molecule has 12 atom stereocenters.